The van der Waals surface area contributed by atoms with Crippen molar-refractivity contribution in [1.29, 1.82) is 0 Å². The second-order valence-corrected chi connectivity index (χ2v) is 6.78. The van der Waals surface area contributed by atoms with E-state index in [9.17, 15) is 9.59 Å². The normalized spacial score (nSPS) is 14.3. The van der Waals surface area contributed by atoms with Crippen molar-refractivity contribution in [3.8, 4) is 0 Å². The highest BCUT2D eigenvalue weighted by Gasteiger charge is 2.23. The first-order valence-corrected chi connectivity index (χ1v) is 8.85. The molecule has 1 aliphatic heterocycles. The summed E-state index contributed by atoms with van der Waals surface area (Å²) in [5.41, 5.74) is 3.17. The monoisotopic (exact) mass is 372 g/mol. The number of nitrogens with zero attached hydrogens (tertiary/aromatic N) is 3. The maximum absolute atomic E-state index is 12.7. The van der Waals surface area contributed by atoms with Crippen LogP contribution in [0.2, 0.25) is 5.02 Å². The number of benzene rings is 1. The molecule has 1 aromatic heterocycles. The first-order valence-electron chi connectivity index (χ1n) is 8.47. The van der Waals surface area contributed by atoms with Gasteiger partial charge in [0.1, 0.15) is 0 Å². The Labute approximate surface area is 157 Å². The molecule has 6 nitrogen and oxygen atoms in total. The zero-order chi connectivity index (χ0) is 18.7. The predicted molar refractivity (Wildman–Crippen MR) is 102 cm³/mol. The molecule has 0 saturated carbocycles. The van der Waals surface area contributed by atoms with Crippen LogP contribution in [0.5, 0.6) is 0 Å². The number of pyridine rings is 1. The van der Waals surface area contributed by atoms with Crippen LogP contribution in [0.25, 0.3) is 0 Å². The third-order valence-corrected chi connectivity index (χ3v) is 4.71. The van der Waals surface area contributed by atoms with Gasteiger partial charge in [-0.05, 0) is 30.7 Å². The molecule has 2 amide bonds. The highest BCUT2D eigenvalue weighted by atomic mass is 35.5. The number of carbonyl (C=O) groups excluding carboxylic acids is 2. The van der Waals surface area contributed by atoms with Gasteiger partial charge in [0.2, 0.25) is 5.91 Å². The maximum Gasteiger partial charge on any atom is 0.255 e. The first-order chi connectivity index (χ1) is 12.4. The standard InChI is InChI=1S/C19H21ClN4O2/c1-13-3-4-16(20)10-18(13)22-17-9-15(11-21-12-17)19(26)24-7-5-23(6-8-24)14(2)25/h3-4,9-12,22H,5-8H2,1-2H3. The van der Waals surface area contributed by atoms with E-state index >= 15 is 0 Å². The van der Waals surface area contributed by atoms with Crippen molar-refractivity contribution in [3.63, 3.8) is 0 Å². The molecule has 26 heavy (non-hydrogen) atoms. The van der Waals surface area contributed by atoms with Crippen molar-refractivity contribution in [2.45, 2.75) is 13.8 Å². The average Bonchev–Trinajstić information content (AvgIpc) is 2.64. The van der Waals surface area contributed by atoms with E-state index in [-0.39, 0.29) is 11.8 Å². The second-order valence-electron chi connectivity index (χ2n) is 6.34. The molecule has 1 N–H and O–H groups in total. The summed E-state index contributed by atoms with van der Waals surface area (Å²) < 4.78 is 0. The lowest BCUT2D eigenvalue weighted by molar-refractivity contribution is -0.130. The molecular weight excluding hydrogens is 352 g/mol. The van der Waals surface area contributed by atoms with Crippen LogP contribution in [0, 0.1) is 6.92 Å². The van der Waals surface area contributed by atoms with Crippen molar-refractivity contribution < 1.29 is 9.59 Å². The van der Waals surface area contributed by atoms with Crippen LogP contribution in [0.4, 0.5) is 11.4 Å². The van der Waals surface area contributed by atoms with E-state index < -0.39 is 0 Å². The van der Waals surface area contributed by atoms with Crippen molar-refractivity contribution in [1.82, 2.24) is 14.8 Å². The van der Waals surface area contributed by atoms with Gasteiger partial charge in [-0.25, -0.2) is 0 Å². The van der Waals surface area contributed by atoms with Gasteiger partial charge in [0.25, 0.3) is 5.91 Å². The topological polar surface area (TPSA) is 65.5 Å². The van der Waals surface area contributed by atoms with Gasteiger partial charge in [-0.3, -0.25) is 14.6 Å². The molecule has 0 radical (unpaired) electrons. The Morgan fingerprint density at radius 3 is 2.46 bits per heavy atom. The summed E-state index contributed by atoms with van der Waals surface area (Å²) >= 11 is 6.06. The Balaban J connectivity index is 1.72. The summed E-state index contributed by atoms with van der Waals surface area (Å²) in [7, 11) is 0. The Hall–Kier alpha value is -2.60. The predicted octanol–water partition coefficient (Wildman–Crippen LogP) is 3.09. The fourth-order valence-corrected chi connectivity index (χ4v) is 3.09. The summed E-state index contributed by atoms with van der Waals surface area (Å²) in [6.45, 7) is 5.72. The van der Waals surface area contributed by atoms with Crippen LogP contribution < -0.4 is 5.32 Å². The fourth-order valence-electron chi connectivity index (χ4n) is 2.92. The smallest absolute Gasteiger partial charge is 0.255 e. The molecular formula is C19H21ClN4O2. The number of aromatic nitrogens is 1. The van der Waals surface area contributed by atoms with E-state index in [1.54, 1.807) is 35.2 Å². The summed E-state index contributed by atoms with van der Waals surface area (Å²) in [5.74, 6) is -0.0333. The highest BCUT2D eigenvalue weighted by Crippen LogP contribution is 2.24. The summed E-state index contributed by atoms with van der Waals surface area (Å²) in [6, 6.07) is 7.39. The van der Waals surface area contributed by atoms with Crippen LogP contribution in [-0.4, -0.2) is 52.8 Å². The largest absolute Gasteiger partial charge is 0.354 e. The summed E-state index contributed by atoms with van der Waals surface area (Å²) in [5, 5.41) is 3.90. The zero-order valence-electron chi connectivity index (χ0n) is 14.8. The van der Waals surface area contributed by atoms with Gasteiger partial charge in [-0.15, -0.1) is 0 Å². The number of hydrogen-bond acceptors (Lipinski definition) is 4. The molecule has 1 fully saturated rings. The lowest BCUT2D eigenvalue weighted by Crippen LogP contribution is -2.50. The molecule has 1 saturated heterocycles. The zero-order valence-corrected chi connectivity index (χ0v) is 15.6. The second kappa shape index (κ2) is 7.74. The Bertz CT molecular complexity index is 832. The molecule has 0 spiro atoms. The Morgan fingerprint density at radius 1 is 1.08 bits per heavy atom. The molecule has 0 atom stereocenters. The van der Waals surface area contributed by atoms with E-state index in [0.29, 0.717) is 36.8 Å². The third kappa shape index (κ3) is 4.14. The SMILES string of the molecule is CC(=O)N1CCN(C(=O)c2cncc(Nc3cc(Cl)ccc3C)c2)CC1. The number of carbonyl (C=O) groups is 2. The molecule has 2 heterocycles. The molecule has 3 rings (SSSR count). The van der Waals surface area contributed by atoms with Crippen molar-refractivity contribution in [2.24, 2.45) is 0 Å². The van der Waals surface area contributed by atoms with E-state index in [4.69, 9.17) is 11.6 Å². The third-order valence-electron chi connectivity index (χ3n) is 4.48. The van der Waals surface area contributed by atoms with Crippen LogP contribution >= 0.6 is 11.6 Å². The van der Waals surface area contributed by atoms with Crippen LogP contribution in [-0.2, 0) is 4.79 Å². The average molecular weight is 373 g/mol. The number of halogens is 1. The van der Waals surface area contributed by atoms with Crippen LogP contribution in [0.1, 0.15) is 22.8 Å². The lowest BCUT2D eigenvalue weighted by Gasteiger charge is -2.34. The molecule has 1 aromatic carbocycles. The minimum atomic E-state index is -0.0767. The van der Waals surface area contributed by atoms with Gasteiger partial charge in [-0.2, -0.15) is 0 Å². The lowest BCUT2D eigenvalue weighted by atomic mass is 10.1. The van der Waals surface area contributed by atoms with E-state index in [0.717, 1.165) is 16.9 Å². The molecule has 1 aliphatic rings. The minimum Gasteiger partial charge on any atom is -0.354 e. The number of nitrogens with one attached hydrogen (secondary N) is 1. The van der Waals surface area contributed by atoms with Crippen molar-refractivity contribution in [2.75, 3.05) is 31.5 Å². The van der Waals surface area contributed by atoms with Crippen LogP contribution in [0.15, 0.2) is 36.7 Å². The van der Waals surface area contributed by atoms with Gasteiger partial charge in [0.05, 0.1) is 17.4 Å². The van der Waals surface area contributed by atoms with E-state index in [1.807, 2.05) is 25.1 Å². The number of amides is 2. The van der Waals surface area contributed by atoms with Crippen molar-refractivity contribution >= 4 is 34.8 Å². The number of hydrogen-bond donors (Lipinski definition) is 1. The number of anilines is 2. The van der Waals surface area contributed by atoms with Crippen molar-refractivity contribution in [3.05, 3.63) is 52.8 Å². The van der Waals surface area contributed by atoms with E-state index in [2.05, 4.69) is 10.3 Å². The molecule has 0 unspecified atom stereocenters. The minimum absolute atomic E-state index is 0.0434. The molecule has 0 bridgehead atoms. The van der Waals surface area contributed by atoms with Crippen LogP contribution in [0.3, 0.4) is 0 Å². The molecule has 136 valence electrons. The quantitative estimate of drug-likeness (QED) is 0.899. The molecule has 2 aromatic rings. The van der Waals surface area contributed by atoms with Gasteiger partial charge >= 0.3 is 0 Å². The summed E-state index contributed by atoms with van der Waals surface area (Å²) in [4.78, 5) is 31.8. The maximum atomic E-state index is 12.7. The van der Waals surface area contributed by atoms with Gasteiger partial charge in [-0.1, -0.05) is 17.7 Å². The van der Waals surface area contributed by atoms with Gasteiger partial charge in [0, 0.05) is 50.0 Å². The number of aryl methyl sites for hydroxylation is 1. The highest BCUT2D eigenvalue weighted by molar-refractivity contribution is 6.30. The Morgan fingerprint density at radius 2 is 1.77 bits per heavy atom. The Kier molecular flexibility index (Phi) is 5.42. The summed E-state index contributed by atoms with van der Waals surface area (Å²) in [6.07, 6.45) is 3.24. The van der Waals surface area contributed by atoms with Gasteiger partial charge < -0.3 is 15.1 Å². The molecule has 0 aliphatic carbocycles. The fraction of sp³-hybridized carbons (Fsp3) is 0.316. The number of piperazine rings is 1. The number of rotatable bonds is 3. The van der Waals surface area contributed by atoms with E-state index in [1.165, 1.54) is 0 Å². The molecule has 7 heteroatoms. The van der Waals surface area contributed by atoms with Gasteiger partial charge in [0.15, 0.2) is 0 Å². The first kappa shape index (κ1) is 18.2.